The molecule has 0 atom stereocenters. The number of allylic oxidation sites excluding steroid dienone is 2. The number of hydrogen-bond donors (Lipinski definition) is 1. The molecule has 0 aliphatic heterocycles. The fraction of sp³-hybridized carbons (Fsp3) is 0.111. The largest absolute Gasteiger partial charge is 0.375 e. The van der Waals surface area contributed by atoms with E-state index in [9.17, 15) is 0 Å². The summed E-state index contributed by atoms with van der Waals surface area (Å²) in [5.74, 6) is 0. The summed E-state index contributed by atoms with van der Waals surface area (Å²) in [7, 11) is 0. The summed E-state index contributed by atoms with van der Waals surface area (Å²) in [5, 5.41) is 2.56. The highest BCUT2D eigenvalue weighted by molar-refractivity contribution is 7.13. The zero-order valence-corrected chi connectivity index (χ0v) is 8.00. The Bertz CT molecular complexity index is 325. The van der Waals surface area contributed by atoms with E-state index in [0.717, 1.165) is 12.1 Å². The van der Waals surface area contributed by atoms with Gasteiger partial charge in [0.05, 0.1) is 5.69 Å². The molecule has 0 spiro atoms. The van der Waals surface area contributed by atoms with E-state index in [1.165, 1.54) is 17.5 Å². The molecule has 0 saturated carbocycles. The second-order valence-corrected chi connectivity index (χ2v) is 3.18. The lowest BCUT2D eigenvalue weighted by molar-refractivity contribution is 1.16. The summed E-state index contributed by atoms with van der Waals surface area (Å²) in [6, 6.07) is 0. The van der Waals surface area contributed by atoms with Crippen LogP contribution in [0.3, 0.4) is 0 Å². The molecule has 3 nitrogen and oxygen atoms in total. The van der Waals surface area contributed by atoms with Crippen molar-refractivity contribution >= 4 is 22.7 Å². The topological polar surface area (TPSA) is 51.3 Å². The van der Waals surface area contributed by atoms with Crippen LogP contribution in [0.5, 0.6) is 0 Å². The lowest BCUT2D eigenvalue weighted by atomic mass is 10.3. The Hall–Kier alpha value is -1.42. The quantitative estimate of drug-likeness (QED) is 0.744. The number of anilines is 1. The van der Waals surface area contributed by atoms with Gasteiger partial charge in [-0.2, -0.15) is 0 Å². The van der Waals surface area contributed by atoms with E-state index in [2.05, 4.69) is 16.6 Å². The van der Waals surface area contributed by atoms with Crippen molar-refractivity contribution in [2.45, 2.75) is 6.42 Å². The Kier molecular flexibility index (Phi) is 3.92. The van der Waals surface area contributed by atoms with Gasteiger partial charge >= 0.3 is 0 Å². The molecule has 0 aliphatic rings. The predicted molar refractivity (Wildman–Crippen MR) is 58.1 cm³/mol. The van der Waals surface area contributed by atoms with Gasteiger partial charge in [-0.15, -0.1) is 11.3 Å². The van der Waals surface area contributed by atoms with Crippen LogP contribution in [0.15, 0.2) is 35.3 Å². The Morgan fingerprint density at radius 3 is 3.15 bits per heavy atom. The minimum atomic E-state index is 0.614. The summed E-state index contributed by atoms with van der Waals surface area (Å²) in [6.45, 7) is 3.46. The van der Waals surface area contributed by atoms with Crippen molar-refractivity contribution in [1.82, 2.24) is 4.98 Å². The zero-order chi connectivity index (χ0) is 9.52. The first-order valence-corrected chi connectivity index (χ1v) is 4.70. The number of nitrogens with zero attached hydrogens (tertiary/aromatic N) is 2. The number of aromatic nitrogens is 1. The lowest BCUT2D eigenvalue weighted by Crippen LogP contribution is -1.84. The SMILES string of the molecule is C=CN=C/C=C\Cc1csc(N)n1. The number of hydrogen-bond acceptors (Lipinski definition) is 4. The van der Waals surface area contributed by atoms with Crippen LogP contribution in [0.25, 0.3) is 0 Å². The molecule has 0 fully saturated rings. The van der Waals surface area contributed by atoms with Gasteiger partial charge in [0.2, 0.25) is 0 Å². The summed E-state index contributed by atoms with van der Waals surface area (Å²) in [6.07, 6.45) is 7.80. The maximum atomic E-state index is 5.47. The monoisotopic (exact) mass is 193 g/mol. The van der Waals surface area contributed by atoms with Gasteiger partial charge in [-0.3, -0.25) is 4.99 Å². The van der Waals surface area contributed by atoms with Crippen LogP contribution in [0.4, 0.5) is 5.13 Å². The summed E-state index contributed by atoms with van der Waals surface area (Å²) in [4.78, 5) is 7.93. The average molecular weight is 193 g/mol. The van der Waals surface area contributed by atoms with Crippen molar-refractivity contribution in [3.05, 3.63) is 36.0 Å². The molecule has 4 heteroatoms. The highest BCUT2D eigenvalue weighted by atomic mass is 32.1. The second kappa shape index (κ2) is 5.27. The summed E-state index contributed by atoms with van der Waals surface area (Å²) < 4.78 is 0. The standard InChI is InChI=1S/C9H11N3S/c1-2-11-6-4-3-5-8-7-13-9(10)12-8/h2-4,6-7H,1,5H2,(H2,10,12)/b4-3-,11-6?. The maximum absolute atomic E-state index is 5.47. The van der Waals surface area contributed by atoms with Gasteiger partial charge in [0.15, 0.2) is 5.13 Å². The van der Waals surface area contributed by atoms with Gasteiger partial charge in [0, 0.05) is 24.2 Å². The number of aliphatic imine (C=N–C) groups is 1. The van der Waals surface area contributed by atoms with Crippen molar-refractivity contribution in [2.24, 2.45) is 4.99 Å². The molecule has 0 saturated heterocycles. The van der Waals surface area contributed by atoms with Gasteiger partial charge in [-0.1, -0.05) is 12.7 Å². The molecule has 1 rings (SSSR count). The van der Waals surface area contributed by atoms with Crippen LogP contribution < -0.4 is 5.73 Å². The molecule has 1 aromatic rings. The Balaban J connectivity index is 2.38. The third-order valence-corrected chi connectivity index (χ3v) is 2.03. The first-order chi connectivity index (χ1) is 6.33. The van der Waals surface area contributed by atoms with Crippen molar-refractivity contribution in [3.8, 4) is 0 Å². The van der Waals surface area contributed by atoms with Gasteiger partial charge in [-0.25, -0.2) is 4.98 Å². The minimum Gasteiger partial charge on any atom is -0.375 e. The molecule has 1 aromatic heterocycles. The molecule has 1 heterocycles. The van der Waals surface area contributed by atoms with Crippen LogP contribution in [-0.2, 0) is 6.42 Å². The van der Waals surface area contributed by atoms with E-state index < -0.39 is 0 Å². The summed E-state index contributed by atoms with van der Waals surface area (Å²) >= 11 is 1.46. The van der Waals surface area contributed by atoms with Crippen LogP contribution >= 0.6 is 11.3 Å². The Morgan fingerprint density at radius 2 is 2.54 bits per heavy atom. The maximum Gasteiger partial charge on any atom is 0.180 e. The van der Waals surface area contributed by atoms with Gasteiger partial charge < -0.3 is 5.73 Å². The minimum absolute atomic E-state index is 0.614. The third-order valence-electron chi connectivity index (χ3n) is 1.31. The fourth-order valence-corrected chi connectivity index (χ4v) is 1.35. The molecule has 0 bridgehead atoms. The Labute approximate surface area is 81.3 Å². The molecule has 0 aliphatic carbocycles. The highest BCUT2D eigenvalue weighted by Gasteiger charge is 1.93. The number of rotatable bonds is 4. The first-order valence-electron chi connectivity index (χ1n) is 3.82. The van der Waals surface area contributed by atoms with E-state index in [4.69, 9.17) is 5.73 Å². The van der Waals surface area contributed by atoms with Gasteiger partial charge in [-0.05, 0) is 6.08 Å². The molecule has 68 valence electrons. The average Bonchev–Trinajstić information content (AvgIpc) is 2.51. The Morgan fingerprint density at radius 1 is 1.69 bits per heavy atom. The van der Waals surface area contributed by atoms with Crippen LogP contribution in [0.1, 0.15) is 5.69 Å². The molecule has 0 aromatic carbocycles. The highest BCUT2D eigenvalue weighted by Crippen LogP contribution is 2.11. The zero-order valence-electron chi connectivity index (χ0n) is 7.18. The van der Waals surface area contributed by atoms with Gasteiger partial charge in [0.1, 0.15) is 0 Å². The van der Waals surface area contributed by atoms with Crippen molar-refractivity contribution in [2.75, 3.05) is 5.73 Å². The van der Waals surface area contributed by atoms with Crippen molar-refractivity contribution in [3.63, 3.8) is 0 Å². The summed E-state index contributed by atoms with van der Waals surface area (Å²) in [5.41, 5.74) is 6.47. The molecule has 0 radical (unpaired) electrons. The number of nitrogens with two attached hydrogens (primary N) is 1. The smallest absolute Gasteiger partial charge is 0.180 e. The van der Waals surface area contributed by atoms with Crippen molar-refractivity contribution in [1.29, 1.82) is 0 Å². The number of nitrogen functional groups attached to an aromatic ring is 1. The molecular weight excluding hydrogens is 182 g/mol. The molecule has 0 unspecified atom stereocenters. The number of thiazole rings is 1. The molecular formula is C9H11N3S. The van der Waals surface area contributed by atoms with E-state index in [1.807, 2.05) is 17.5 Å². The molecule has 0 amide bonds. The normalized spacial score (nSPS) is 11.4. The lowest BCUT2D eigenvalue weighted by Gasteiger charge is -1.84. The van der Waals surface area contributed by atoms with E-state index in [0.29, 0.717) is 5.13 Å². The van der Waals surface area contributed by atoms with Crippen LogP contribution in [0.2, 0.25) is 0 Å². The fourth-order valence-electron chi connectivity index (χ4n) is 0.777. The second-order valence-electron chi connectivity index (χ2n) is 2.29. The van der Waals surface area contributed by atoms with E-state index >= 15 is 0 Å². The van der Waals surface area contributed by atoms with E-state index in [-0.39, 0.29) is 0 Å². The first kappa shape index (κ1) is 9.67. The van der Waals surface area contributed by atoms with Crippen molar-refractivity contribution < 1.29 is 0 Å². The van der Waals surface area contributed by atoms with Crippen LogP contribution in [-0.4, -0.2) is 11.2 Å². The molecule has 13 heavy (non-hydrogen) atoms. The third kappa shape index (κ3) is 3.66. The predicted octanol–water partition coefficient (Wildman–Crippen LogP) is 2.04. The van der Waals surface area contributed by atoms with Gasteiger partial charge in [0.25, 0.3) is 0 Å². The molecule has 2 N–H and O–H groups in total. The van der Waals surface area contributed by atoms with E-state index in [1.54, 1.807) is 6.21 Å². The van der Waals surface area contributed by atoms with Crippen LogP contribution in [0, 0.1) is 0 Å².